The number of aromatic amines is 1. The van der Waals surface area contributed by atoms with Gasteiger partial charge in [-0.15, -0.1) is 0 Å². The van der Waals surface area contributed by atoms with Crippen molar-refractivity contribution in [1.29, 1.82) is 5.26 Å². The summed E-state index contributed by atoms with van der Waals surface area (Å²) in [6, 6.07) is 12.7. The molecule has 0 spiro atoms. The Morgan fingerprint density at radius 1 is 1.10 bits per heavy atom. The highest BCUT2D eigenvalue weighted by atomic mass is 19.1. The molecule has 0 aliphatic carbocycles. The number of hydrogen-bond acceptors (Lipinski definition) is 3. The topological polar surface area (TPSA) is 73.9 Å². The lowest BCUT2D eigenvalue weighted by Crippen LogP contribution is -2.21. The quantitative estimate of drug-likeness (QED) is 0.553. The third-order valence-electron chi connectivity index (χ3n) is 5.22. The van der Waals surface area contributed by atoms with Gasteiger partial charge in [0, 0.05) is 28.5 Å². The van der Waals surface area contributed by atoms with Crippen molar-refractivity contribution in [2.45, 2.75) is 26.7 Å². The molecule has 2 aromatic carbocycles. The highest BCUT2D eigenvalue weighted by Gasteiger charge is 2.19. The fourth-order valence-corrected chi connectivity index (χ4v) is 3.58. The number of hydrogen-bond donors (Lipinski definition) is 1. The smallest absolute Gasteiger partial charge is 0.275 e. The maximum absolute atomic E-state index is 14.4. The molecule has 4 rings (SSSR count). The van der Waals surface area contributed by atoms with Gasteiger partial charge in [-0.3, -0.25) is 9.89 Å². The second kappa shape index (κ2) is 7.56. The fraction of sp³-hybridized carbons (Fsp3) is 0.174. The van der Waals surface area contributed by atoms with E-state index in [0.717, 1.165) is 11.6 Å². The molecule has 0 bridgehead atoms. The molecule has 0 fully saturated rings. The molecule has 0 unspecified atom stereocenters. The zero-order valence-corrected chi connectivity index (χ0v) is 16.5. The number of nitriles is 1. The minimum atomic E-state index is -0.714. The second-order valence-corrected chi connectivity index (χ2v) is 7.19. The largest absolute Gasteiger partial charge is 0.293 e. The van der Waals surface area contributed by atoms with Gasteiger partial charge < -0.3 is 0 Å². The lowest BCUT2D eigenvalue weighted by molar-refractivity contribution is 0.585. The van der Waals surface area contributed by atoms with Crippen molar-refractivity contribution >= 4 is 5.65 Å². The molecule has 0 radical (unpaired) electrons. The summed E-state index contributed by atoms with van der Waals surface area (Å²) in [5.41, 5.74) is 3.96. The molecule has 0 saturated carbocycles. The van der Waals surface area contributed by atoms with Crippen LogP contribution < -0.4 is 5.56 Å². The molecule has 0 aliphatic rings. The standard InChI is InChI=1S/C23H18F2N4O/c1-13-20(10-7-15-3-5-16(12-26)6-4-15)27-22-21(14(2)28-29(22)23(13)30)18-9-8-17(24)11-19(18)25/h3-6,8-9,11,28H,7,10H2,1-2H3. The Bertz CT molecular complexity index is 1360. The third-order valence-corrected chi connectivity index (χ3v) is 5.22. The van der Waals surface area contributed by atoms with Gasteiger partial charge in [0.2, 0.25) is 0 Å². The highest BCUT2D eigenvalue weighted by Crippen LogP contribution is 2.29. The summed E-state index contributed by atoms with van der Waals surface area (Å²) in [4.78, 5) is 17.5. The Morgan fingerprint density at radius 3 is 2.50 bits per heavy atom. The van der Waals surface area contributed by atoms with Gasteiger partial charge >= 0.3 is 0 Å². The Labute approximate surface area is 171 Å². The summed E-state index contributed by atoms with van der Waals surface area (Å²) in [7, 11) is 0. The van der Waals surface area contributed by atoms with E-state index in [-0.39, 0.29) is 11.1 Å². The van der Waals surface area contributed by atoms with E-state index < -0.39 is 11.6 Å². The summed E-state index contributed by atoms with van der Waals surface area (Å²) in [6.45, 7) is 3.43. The van der Waals surface area contributed by atoms with Gasteiger partial charge in [-0.1, -0.05) is 12.1 Å². The summed E-state index contributed by atoms with van der Waals surface area (Å²) >= 11 is 0. The van der Waals surface area contributed by atoms with E-state index in [0.29, 0.717) is 46.6 Å². The van der Waals surface area contributed by atoms with Crippen LogP contribution in [0.5, 0.6) is 0 Å². The number of fused-ring (bicyclic) bond motifs is 1. The molecule has 0 amide bonds. The van der Waals surface area contributed by atoms with Crippen molar-refractivity contribution in [3.05, 3.63) is 92.5 Å². The molecule has 4 aromatic rings. The van der Waals surface area contributed by atoms with Crippen LogP contribution in [0, 0.1) is 36.8 Å². The molecule has 2 aromatic heterocycles. The average molecular weight is 404 g/mol. The number of H-pyrrole nitrogens is 1. The zero-order valence-electron chi connectivity index (χ0n) is 16.5. The summed E-state index contributed by atoms with van der Waals surface area (Å²) in [5, 5.41) is 11.9. The van der Waals surface area contributed by atoms with E-state index >= 15 is 0 Å². The molecular formula is C23H18F2N4O. The molecule has 7 heteroatoms. The van der Waals surface area contributed by atoms with E-state index in [1.165, 1.54) is 16.6 Å². The first-order valence-electron chi connectivity index (χ1n) is 9.44. The van der Waals surface area contributed by atoms with Crippen LogP contribution in [0.2, 0.25) is 0 Å². The summed E-state index contributed by atoms with van der Waals surface area (Å²) in [6.07, 6.45) is 1.15. The van der Waals surface area contributed by atoms with Gasteiger partial charge in [-0.25, -0.2) is 18.3 Å². The van der Waals surface area contributed by atoms with Crippen LogP contribution in [0.1, 0.15) is 28.1 Å². The van der Waals surface area contributed by atoms with Crippen LogP contribution in [0.3, 0.4) is 0 Å². The zero-order chi connectivity index (χ0) is 21.4. The molecular weight excluding hydrogens is 386 g/mol. The van der Waals surface area contributed by atoms with Crippen molar-refractivity contribution in [1.82, 2.24) is 14.6 Å². The molecule has 2 heterocycles. The lowest BCUT2D eigenvalue weighted by Gasteiger charge is -2.08. The SMILES string of the molecule is Cc1[nH]n2c(=O)c(C)c(CCc3ccc(C#N)cc3)nc2c1-c1ccc(F)cc1F. The maximum Gasteiger partial charge on any atom is 0.275 e. The van der Waals surface area contributed by atoms with Gasteiger partial charge in [0.05, 0.1) is 17.3 Å². The Hall–Kier alpha value is -3.79. The average Bonchev–Trinajstić information content (AvgIpc) is 3.06. The van der Waals surface area contributed by atoms with Gasteiger partial charge in [0.25, 0.3) is 5.56 Å². The van der Waals surface area contributed by atoms with Crippen LogP contribution in [0.25, 0.3) is 16.8 Å². The first-order chi connectivity index (χ1) is 14.4. The Kier molecular flexibility index (Phi) is 4.92. The molecule has 0 saturated heterocycles. The van der Waals surface area contributed by atoms with Gasteiger partial charge in [0.1, 0.15) is 11.6 Å². The number of rotatable bonds is 4. The Morgan fingerprint density at radius 2 is 1.83 bits per heavy atom. The molecule has 30 heavy (non-hydrogen) atoms. The maximum atomic E-state index is 14.4. The number of aromatic nitrogens is 3. The predicted octanol–water partition coefficient (Wildman–Crippen LogP) is 4.24. The van der Waals surface area contributed by atoms with Crippen molar-refractivity contribution in [2.24, 2.45) is 0 Å². The molecule has 0 aliphatic heterocycles. The summed E-state index contributed by atoms with van der Waals surface area (Å²) < 4.78 is 29.1. The second-order valence-electron chi connectivity index (χ2n) is 7.19. The first-order valence-corrected chi connectivity index (χ1v) is 9.44. The van der Waals surface area contributed by atoms with Gasteiger partial charge in [0.15, 0.2) is 5.65 Å². The molecule has 1 N–H and O–H groups in total. The minimum Gasteiger partial charge on any atom is -0.293 e. The van der Waals surface area contributed by atoms with E-state index in [4.69, 9.17) is 5.26 Å². The van der Waals surface area contributed by atoms with Crippen LogP contribution in [0.4, 0.5) is 8.78 Å². The first kappa shape index (κ1) is 19.5. The van der Waals surface area contributed by atoms with Gasteiger partial charge in [-0.2, -0.15) is 5.26 Å². The molecule has 150 valence electrons. The van der Waals surface area contributed by atoms with Crippen molar-refractivity contribution in [3.63, 3.8) is 0 Å². The molecule has 5 nitrogen and oxygen atoms in total. The van der Waals surface area contributed by atoms with Crippen LogP contribution in [0.15, 0.2) is 47.3 Å². The lowest BCUT2D eigenvalue weighted by atomic mass is 10.0. The van der Waals surface area contributed by atoms with Crippen LogP contribution in [-0.4, -0.2) is 14.6 Å². The van der Waals surface area contributed by atoms with Crippen molar-refractivity contribution in [2.75, 3.05) is 0 Å². The summed E-state index contributed by atoms with van der Waals surface area (Å²) in [5.74, 6) is -1.38. The number of benzene rings is 2. The van der Waals surface area contributed by atoms with E-state index in [9.17, 15) is 13.6 Å². The highest BCUT2D eigenvalue weighted by molar-refractivity contribution is 5.80. The minimum absolute atomic E-state index is 0.182. The van der Waals surface area contributed by atoms with Crippen LogP contribution in [-0.2, 0) is 12.8 Å². The molecule has 0 atom stereocenters. The van der Waals surface area contributed by atoms with E-state index in [2.05, 4.69) is 16.2 Å². The number of halogens is 2. The van der Waals surface area contributed by atoms with E-state index in [1.54, 1.807) is 26.0 Å². The Balaban J connectivity index is 1.78. The van der Waals surface area contributed by atoms with Crippen LogP contribution >= 0.6 is 0 Å². The van der Waals surface area contributed by atoms with E-state index in [1.807, 2.05) is 12.1 Å². The number of nitrogens with zero attached hydrogens (tertiary/aromatic N) is 3. The van der Waals surface area contributed by atoms with Gasteiger partial charge in [-0.05, 0) is 56.5 Å². The monoisotopic (exact) mass is 404 g/mol. The third kappa shape index (κ3) is 3.37. The van der Waals surface area contributed by atoms with Crippen molar-refractivity contribution < 1.29 is 8.78 Å². The normalized spacial score (nSPS) is 11.0. The predicted molar refractivity (Wildman–Crippen MR) is 109 cm³/mol. The van der Waals surface area contributed by atoms with Crippen molar-refractivity contribution in [3.8, 4) is 17.2 Å². The fourth-order valence-electron chi connectivity index (χ4n) is 3.58. The number of aryl methyl sites for hydroxylation is 3. The number of nitrogens with one attached hydrogen (secondary N) is 1.